The summed E-state index contributed by atoms with van der Waals surface area (Å²) in [5.41, 5.74) is 4.03. The maximum absolute atomic E-state index is 11.1. The van der Waals surface area contributed by atoms with E-state index in [0.717, 1.165) is 13.0 Å². The van der Waals surface area contributed by atoms with E-state index in [1.807, 2.05) is 62.3 Å². The van der Waals surface area contributed by atoms with Crippen LogP contribution in [0.4, 0.5) is 0 Å². The average Bonchev–Trinajstić information content (AvgIpc) is 3.25. The molecule has 0 aliphatic carbocycles. The molecule has 0 saturated carbocycles. The first kappa shape index (κ1) is 67.2. The summed E-state index contributed by atoms with van der Waals surface area (Å²) in [6, 6.07) is 0. The number of aliphatic hydroxyl groups excluding tert-OH is 9. The number of aliphatic hydroxyl groups is 9. The maximum atomic E-state index is 11.1. The van der Waals surface area contributed by atoms with Crippen LogP contribution >= 0.6 is 0 Å². The Kier molecular flexibility index (Phi) is 37.5. The molecular weight excluding hydrogens is 999 g/mol. The second-order valence-corrected chi connectivity index (χ2v) is 17.6. The first-order chi connectivity index (χ1) is 28.8. The fourth-order valence-electron chi connectivity index (χ4n) is 5.81. The van der Waals surface area contributed by atoms with Crippen molar-refractivity contribution in [3.8, 4) is 0 Å². The number of rotatable bonds is 33. The van der Waals surface area contributed by atoms with Crippen LogP contribution in [0.1, 0.15) is 122 Å². The summed E-state index contributed by atoms with van der Waals surface area (Å²) in [5.74, 6) is 0. The molecule has 0 aromatic carbocycles. The molecule has 0 amide bonds. The molecule has 383 valence electrons. The molecule has 10 N–H and O–H groups in total. The zero-order chi connectivity index (χ0) is 48.3. The molecule has 0 spiro atoms. The van der Waals surface area contributed by atoms with Crippen LogP contribution in [0.25, 0.3) is 5.73 Å². The van der Waals surface area contributed by atoms with Crippen molar-refractivity contribution in [1.29, 1.82) is 0 Å². The van der Waals surface area contributed by atoms with Crippen molar-refractivity contribution in [2.45, 2.75) is 205 Å². The molecule has 1 fully saturated rings. The van der Waals surface area contributed by atoms with Crippen LogP contribution in [0.3, 0.4) is 0 Å². The van der Waals surface area contributed by atoms with E-state index in [1.54, 1.807) is 25.8 Å². The van der Waals surface area contributed by atoms with E-state index in [-0.39, 0.29) is 85.4 Å². The molecule has 1 rings (SSSR count). The first-order valence-electron chi connectivity index (χ1n) is 22.6. The van der Waals surface area contributed by atoms with Gasteiger partial charge in [0.05, 0.1) is 118 Å². The molecule has 0 bridgehead atoms. The minimum Gasteiger partial charge on any atom is -0.675 e. The Morgan fingerprint density at radius 1 is 0.667 bits per heavy atom. The van der Waals surface area contributed by atoms with Crippen molar-refractivity contribution in [2.75, 3.05) is 79.6 Å². The number of hydrogen-bond acceptors (Lipinski definition) is 17. The third kappa shape index (κ3) is 27.5. The van der Waals surface area contributed by atoms with Gasteiger partial charge >= 0.3 is 0 Å². The third-order valence-electron chi connectivity index (χ3n) is 11.8. The normalized spacial score (nSPS) is 22.9. The van der Waals surface area contributed by atoms with Gasteiger partial charge in [0.2, 0.25) is 0 Å². The number of ether oxygens (including phenoxy) is 7. The van der Waals surface area contributed by atoms with E-state index in [0.29, 0.717) is 38.7 Å². The van der Waals surface area contributed by atoms with Crippen LogP contribution in [0, 0.1) is 0 Å². The van der Waals surface area contributed by atoms with Crippen LogP contribution in [0.15, 0.2) is 0 Å². The predicted octanol–water partition coefficient (Wildman–Crippen LogP) is 2.18. The molecule has 1 radical (unpaired) electrons. The van der Waals surface area contributed by atoms with Crippen molar-refractivity contribution in [3.63, 3.8) is 0 Å². The summed E-state index contributed by atoms with van der Waals surface area (Å²) in [5, 5.41) is 85.8. The van der Waals surface area contributed by atoms with Gasteiger partial charge in [-0.25, -0.2) is 0 Å². The monoisotopic (exact) mass is 1090 g/mol. The Morgan fingerprint density at radius 2 is 1.19 bits per heavy atom. The summed E-state index contributed by atoms with van der Waals surface area (Å²) in [6.45, 7) is 22.9. The van der Waals surface area contributed by atoms with Gasteiger partial charge in [0, 0.05) is 33.3 Å². The summed E-state index contributed by atoms with van der Waals surface area (Å²) < 4.78 is 41.3. The molecule has 14 unspecified atom stereocenters. The minimum atomic E-state index is -1.03. The Morgan fingerprint density at radius 3 is 1.62 bits per heavy atom. The van der Waals surface area contributed by atoms with Crippen molar-refractivity contribution in [3.05, 3.63) is 5.73 Å². The second kappa shape index (κ2) is 35.1. The van der Waals surface area contributed by atoms with Gasteiger partial charge in [-0.1, -0.05) is 34.6 Å². The summed E-state index contributed by atoms with van der Waals surface area (Å²) in [7, 11) is 1.80. The van der Waals surface area contributed by atoms with Gasteiger partial charge in [0.15, 0.2) is 0 Å². The van der Waals surface area contributed by atoms with Gasteiger partial charge in [-0.05, 0) is 87.7 Å². The van der Waals surface area contributed by atoms with Gasteiger partial charge in [-0.2, -0.15) is 0 Å². The van der Waals surface area contributed by atoms with Crippen LogP contribution in [0.2, 0.25) is 0 Å². The Balaban J connectivity index is -0.00000135. The molecular formula is C44H93N2O16Re-. The number of likely N-dealkylation sites (N-methyl/N-ethyl adjacent to an activating group) is 1. The average molecular weight is 1090 g/mol. The fourth-order valence-corrected chi connectivity index (χ4v) is 5.81. The van der Waals surface area contributed by atoms with Crippen molar-refractivity contribution in [1.82, 2.24) is 4.90 Å². The molecule has 18 nitrogen and oxygen atoms in total. The molecule has 14 atom stereocenters. The zero-order valence-electron chi connectivity index (χ0n) is 41.0. The largest absolute Gasteiger partial charge is 0.675 e. The summed E-state index contributed by atoms with van der Waals surface area (Å²) >= 11 is 0. The quantitative estimate of drug-likeness (QED) is 0.0426. The van der Waals surface area contributed by atoms with Gasteiger partial charge in [-0.3, -0.25) is 4.90 Å². The van der Waals surface area contributed by atoms with Crippen LogP contribution in [0.5, 0.6) is 0 Å². The van der Waals surface area contributed by atoms with E-state index in [2.05, 4.69) is 0 Å². The van der Waals surface area contributed by atoms with Crippen LogP contribution in [-0.2, 0) is 53.6 Å². The molecule has 0 aromatic heterocycles. The maximum Gasteiger partial charge on any atom is 0.130 e. The van der Waals surface area contributed by atoms with Crippen molar-refractivity contribution >= 4 is 0 Å². The summed E-state index contributed by atoms with van der Waals surface area (Å²) in [6.07, 6.45) is -2.32. The van der Waals surface area contributed by atoms with E-state index in [1.165, 1.54) is 6.92 Å². The van der Waals surface area contributed by atoms with Crippen molar-refractivity contribution in [2.24, 2.45) is 0 Å². The number of nitrogens with one attached hydrogen (secondary N) is 1. The fraction of sp³-hybridized carbons (Fsp3) is 1.00. The predicted molar refractivity (Wildman–Crippen MR) is 238 cm³/mol. The standard InChI is InChI=1S/C30H60O11.C11H25N2O3.C3H8O2.Re/c1-9-28(6,38-15-21(4)32)13-23(33)17-39-30(8,11-3)27(20-36-16-24(34)14-31)37-19-26(35)29(7,10-2)40-18-25-12-22(5)41-25;1-5-11(3,9(14)7-12)16-8-10(15)13(4)6-2;1-3(5)2-4;/h21-27,31-35H,9-20H2,1-8H3;9-10,12,14-15H,5-8H2,1-4H3;3-5H,2H2,1H3;/q;-1;;. The van der Waals surface area contributed by atoms with E-state index >= 15 is 0 Å². The first-order valence-corrected chi connectivity index (χ1v) is 22.6. The second-order valence-electron chi connectivity index (χ2n) is 17.6. The molecule has 0 aromatic rings. The van der Waals surface area contributed by atoms with Gasteiger partial charge in [-0.15, -0.1) is 6.54 Å². The zero-order valence-corrected chi connectivity index (χ0v) is 43.7. The molecule has 19 heteroatoms. The van der Waals surface area contributed by atoms with E-state index in [4.69, 9.17) is 54.2 Å². The van der Waals surface area contributed by atoms with Crippen molar-refractivity contribution < 1.29 is 99.5 Å². The van der Waals surface area contributed by atoms with E-state index < -0.39 is 78.0 Å². The van der Waals surface area contributed by atoms with Crippen LogP contribution < -0.4 is 0 Å². The molecule has 1 saturated heterocycles. The van der Waals surface area contributed by atoms with Crippen LogP contribution in [-0.4, -0.2) is 214 Å². The smallest absolute Gasteiger partial charge is 0.130 e. The van der Waals surface area contributed by atoms with Gasteiger partial charge in [0.1, 0.15) is 24.5 Å². The topological polar surface area (TPSA) is 274 Å². The molecule has 1 aliphatic rings. The number of hydrogen-bond donors (Lipinski definition) is 9. The van der Waals surface area contributed by atoms with E-state index in [9.17, 15) is 30.6 Å². The Bertz CT molecular complexity index is 1090. The molecule has 1 heterocycles. The Hall–Kier alpha value is -0.0577. The SMILES string of the molecule is CC(O)CO.CCC(C)(CC(O)COC(C)(CC)C(COCC(O)CO)OCC(O)C(C)(CC)OCC1CC(C)O1)OCC(C)O.CCN(C)C(O)COC(C)(CC)C(O)C[NH-].[Re]. The van der Waals surface area contributed by atoms with Gasteiger partial charge in [0.25, 0.3) is 0 Å². The van der Waals surface area contributed by atoms with Gasteiger partial charge < -0.3 is 84.9 Å². The third-order valence-corrected chi connectivity index (χ3v) is 11.8. The Labute approximate surface area is 393 Å². The molecule has 63 heavy (non-hydrogen) atoms. The summed E-state index contributed by atoms with van der Waals surface area (Å²) in [4.78, 5) is 1.75. The number of nitrogens with zero attached hydrogens (tertiary/aromatic N) is 1. The minimum absolute atomic E-state index is 0. The molecule has 1 aliphatic heterocycles.